The summed E-state index contributed by atoms with van der Waals surface area (Å²) < 4.78 is 0. The number of aryl methyl sites for hydroxylation is 2. The molecular formula is C20H23N3O2. The number of carbonyl (C=O) groups excluding carboxylic acids is 2. The average Bonchev–Trinajstić information content (AvgIpc) is 2.63. The van der Waals surface area contributed by atoms with Gasteiger partial charge in [0.15, 0.2) is 0 Å². The minimum Gasteiger partial charge on any atom is -0.341 e. The van der Waals surface area contributed by atoms with Crippen molar-refractivity contribution in [2.75, 3.05) is 17.7 Å². The van der Waals surface area contributed by atoms with Crippen LogP contribution in [0.3, 0.4) is 0 Å². The van der Waals surface area contributed by atoms with Gasteiger partial charge < -0.3 is 16.0 Å². The maximum atomic E-state index is 12.3. The molecule has 0 bridgehead atoms. The first-order chi connectivity index (χ1) is 12.1. The Balaban J connectivity index is 1.58. The van der Waals surface area contributed by atoms with Gasteiger partial charge in [0.2, 0.25) is 5.91 Å². The third-order valence-electron chi connectivity index (χ3n) is 4.43. The minimum absolute atomic E-state index is 0.0391. The van der Waals surface area contributed by atoms with Crippen molar-refractivity contribution in [1.82, 2.24) is 5.32 Å². The van der Waals surface area contributed by atoms with Crippen molar-refractivity contribution in [2.24, 2.45) is 0 Å². The fraction of sp³-hybridized carbons (Fsp3) is 0.300. The number of hydrogen-bond acceptors (Lipinski definition) is 2. The van der Waals surface area contributed by atoms with Crippen LogP contribution in [-0.4, -0.2) is 19.0 Å². The van der Waals surface area contributed by atoms with E-state index in [1.54, 1.807) is 31.3 Å². The molecule has 3 N–H and O–H groups in total. The van der Waals surface area contributed by atoms with Crippen LogP contribution in [0.15, 0.2) is 42.5 Å². The van der Waals surface area contributed by atoms with E-state index in [2.05, 4.69) is 34.1 Å². The molecule has 0 aromatic heterocycles. The summed E-state index contributed by atoms with van der Waals surface area (Å²) in [6, 6.07) is 13.2. The quantitative estimate of drug-likeness (QED) is 0.799. The number of fused-ring (bicyclic) bond motifs is 1. The molecule has 5 nitrogen and oxygen atoms in total. The molecule has 0 aliphatic heterocycles. The Kier molecular flexibility index (Phi) is 5.33. The van der Waals surface area contributed by atoms with Crippen molar-refractivity contribution in [3.05, 3.63) is 59.2 Å². The number of rotatable bonds is 4. The lowest BCUT2D eigenvalue weighted by Crippen LogP contribution is -2.24. The number of carbonyl (C=O) groups is 2. The lowest BCUT2D eigenvalue weighted by atomic mass is 9.90. The van der Waals surface area contributed by atoms with Crippen LogP contribution in [0.2, 0.25) is 0 Å². The summed E-state index contributed by atoms with van der Waals surface area (Å²) in [5, 5.41) is 8.07. The van der Waals surface area contributed by atoms with Crippen LogP contribution in [0, 0.1) is 0 Å². The fourth-order valence-electron chi connectivity index (χ4n) is 3.12. The van der Waals surface area contributed by atoms with Gasteiger partial charge in [-0.05, 0) is 66.6 Å². The smallest absolute Gasteiger partial charge is 0.318 e. The summed E-state index contributed by atoms with van der Waals surface area (Å²) in [5.74, 6) is -0.0391. The first-order valence-corrected chi connectivity index (χ1v) is 8.63. The summed E-state index contributed by atoms with van der Waals surface area (Å²) in [7, 11) is 1.56. The molecule has 2 aromatic carbocycles. The second kappa shape index (κ2) is 7.83. The van der Waals surface area contributed by atoms with Gasteiger partial charge >= 0.3 is 6.03 Å². The van der Waals surface area contributed by atoms with Crippen LogP contribution in [0.1, 0.15) is 29.5 Å². The molecule has 0 atom stereocenters. The normalized spacial score (nSPS) is 12.8. The zero-order chi connectivity index (χ0) is 17.6. The molecule has 0 spiro atoms. The van der Waals surface area contributed by atoms with Crippen molar-refractivity contribution in [2.45, 2.75) is 32.1 Å². The summed E-state index contributed by atoms with van der Waals surface area (Å²) >= 11 is 0. The van der Waals surface area contributed by atoms with E-state index in [0.29, 0.717) is 17.8 Å². The minimum atomic E-state index is -0.274. The molecule has 3 rings (SSSR count). The molecule has 0 heterocycles. The standard InChI is InChI=1S/C20H23N3O2/c1-21-20(25)23-18-10-8-17(9-11-18)22-19(24)13-14-6-7-15-4-2-3-5-16(15)12-14/h6-12H,2-5,13H2,1H3,(H,22,24)(H2,21,23,25). The summed E-state index contributed by atoms with van der Waals surface area (Å²) in [5.41, 5.74) is 5.25. The Labute approximate surface area is 147 Å². The molecule has 0 saturated carbocycles. The summed E-state index contributed by atoms with van der Waals surface area (Å²) in [6.45, 7) is 0. The molecule has 0 unspecified atom stereocenters. The van der Waals surface area contributed by atoms with Crippen LogP contribution in [0.5, 0.6) is 0 Å². The van der Waals surface area contributed by atoms with E-state index in [9.17, 15) is 9.59 Å². The molecule has 1 aliphatic carbocycles. The Morgan fingerprint density at radius 1 is 0.880 bits per heavy atom. The maximum absolute atomic E-state index is 12.3. The number of nitrogens with one attached hydrogen (secondary N) is 3. The topological polar surface area (TPSA) is 70.2 Å². The van der Waals surface area contributed by atoms with Gasteiger partial charge in [0.25, 0.3) is 0 Å². The molecule has 0 radical (unpaired) electrons. The third kappa shape index (κ3) is 4.59. The van der Waals surface area contributed by atoms with Crippen molar-refractivity contribution in [3.8, 4) is 0 Å². The Hall–Kier alpha value is -2.82. The van der Waals surface area contributed by atoms with E-state index >= 15 is 0 Å². The van der Waals surface area contributed by atoms with Crippen LogP contribution in [-0.2, 0) is 24.1 Å². The highest BCUT2D eigenvalue weighted by Gasteiger charge is 2.11. The second-order valence-electron chi connectivity index (χ2n) is 6.32. The molecule has 130 valence electrons. The fourth-order valence-corrected chi connectivity index (χ4v) is 3.12. The molecule has 1 aliphatic rings. The highest BCUT2D eigenvalue weighted by atomic mass is 16.2. The number of anilines is 2. The van der Waals surface area contributed by atoms with Gasteiger partial charge in [-0.1, -0.05) is 18.2 Å². The Morgan fingerprint density at radius 2 is 1.52 bits per heavy atom. The Bertz CT molecular complexity index is 769. The summed E-state index contributed by atoms with van der Waals surface area (Å²) in [4.78, 5) is 23.5. The maximum Gasteiger partial charge on any atom is 0.318 e. The SMILES string of the molecule is CNC(=O)Nc1ccc(NC(=O)Cc2ccc3c(c2)CCCC3)cc1. The van der Waals surface area contributed by atoms with Gasteiger partial charge in [0.1, 0.15) is 0 Å². The predicted molar refractivity (Wildman–Crippen MR) is 99.9 cm³/mol. The predicted octanol–water partition coefficient (Wildman–Crippen LogP) is 3.50. The molecular weight excluding hydrogens is 314 g/mol. The average molecular weight is 337 g/mol. The zero-order valence-electron chi connectivity index (χ0n) is 14.4. The monoisotopic (exact) mass is 337 g/mol. The van der Waals surface area contributed by atoms with Crippen molar-refractivity contribution < 1.29 is 9.59 Å². The van der Waals surface area contributed by atoms with Gasteiger partial charge in [-0.15, -0.1) is 0 Å². The van der Waals surface area contributed by atoms with Gasteiger partial charge in [-0.25, -0.2) is 4.79 Å². The van der Waals surface area contributed by atoms with E-state index in [-0.39, 0.29) is 11.9 Å². The van der Waals surface area contributed by atoms with Crippen molar-refractivity contribution >= 4 is 23.3 Å². The number of urea groups is 1. The molecule has 5 heteroatoms. The van der Waals surface area contributed by atoms with Crippen LogP contribution in [0.25, 0.3) is 0 Å². The van der Waals surface area contributed by atoms with E-state index < -0.39 is 0 Å². The lowest BCUT2D eigenvalue weighted by Gasteiger charge is -2.16. The van der Waals surface area contributed by atoms with E-state index in [1.165, 1.54) is 24.0 Å². The third-order valence-corrected chi connectivity index (χ3v) is 4.43. The van der Waals surface area contributed by atoms with Gasteiger partial charge in [-0.3, -0.25) is 4.79 Å². The number of amides is 3. The first kappa shape index (κ1) is 17.0. The molecule has 3 amide bonds. The van der Waals surface area contributed by atoms with Crippen molar-refractivity contribution in [1.29, 1.82) is 0 Å². The lowest BCUT2D eigenvalue weighted by molar-refractivity contribution is -0.115. The highest BCUT2D eigenvalue weighted by molar-refractivity contribution is 5.93. The molecule has 2 aromatic rings. The zero-order valence-corrected chi connectivity index (χ0v) is 14.4. The highest BCUT2D eigenvalue weighted by Crippen LogP contribution is 2.22. The van der Waals surface area contributed by atoms with E-state index in [4.69, 9.17) is 0 Å². The van der Waals surface area contributed by atoms with Crippen LogP contribution < -0.4 is 16.0 Å². The number of hydrogen-bond donors (Lipinski definition) is 3. The molecule has 25 heavy (non-hydrogen) atoms. The molecule has 0 fully saturated rings. The van der Waals surface area contributed by atoms with Gasteiger partial charge in [-0.2, -0.15) is 0 Å². The number of benzene rings is 2. The Morgan fingerprint density at radius 3 is 2.20 bits per heavy atom. The van der Waals surface area contributed by atoms with Crippen LogP contribution >= 0.6 is 0 Å². The van der Waals surface area contributed by atoms with Gasteiger partial charge in [0.05, 0.1) is 6.42 Å². The first-order valence-electron chi connectivity index (χ1n) is 8.63. The molecule has 0 saturated heterocycles. The second-order valence-corrected chi connectivity index (χ2v) is 6.32. The van der Waals surface area contributed by atoms with E-state index in [1.807, 2.05) is 0 Å². The summed E-state index contributed by atoms with van der Waals surface area (Å²) in [6.07, 6.45) is 5.13. The van der Waals surface area contributed by atoms with Crippen LogP contribution in [0.4, 0.5) is 16.2 Å². The van der Waals surface area contributed by atoms with Gasteiger partial charge in [0, 0.05) is 18.4 Å². The van der Waals surface area contributed by atoms with E-state index in [0.717, 1.165) is 18.4 Å². The largest absolute Gasteiger partial charge is 0.341 e. The van der Waals surface area contributed by atoms with Crippen molar-refractivity contribution in [3.63, 3.8) is 0 Å².